The summed E-state index contributed by atoms with van der Waals surface area (Å²) in [6.07, 6.45) is 2.37. The topological polar surface area (TPSA) is 41.6 Å². The van der Waals surface area contributed by atoms with E-state index in [0.717, 1.165) is 26.1 Å². The van der Waals surface area contributed by atoms with Gasteiger partial charge >= 0.3 is 0 Å². The molecule has 1 N–H and O–H groups in total. The molecule has 0 aromatic carbocycles. The van der Waals surface area contributed by atoms with E-state index in [0.29, 0.717) is 12.0 Å². The lowest BCUT2D eigenvalue weighted by atomic mass is 10.1. The summed E-state index contributed by atoms with van der Waals surface area (Å²) in [5.41, 5.74) is -0.729. The molecule has 1 unspecified atom stereocenters. The summed E-state index contributed by atoms with van der Waals surface area (Å²) in [4.78, 5) is 14.4. The zero-order valence-corrected chi connectivity index (χ0v) is 12.5. The third-order valence-corrected chi connectivity index (χ3v) is 3.50. The van der Waals surface area contributed by atoms with Crippen LogP contribution in [0, 0.1) is 5.92 Å². The smallest absolute Gasteiger partial charge is 0.254 e. The second kappa shape index (κ2) is 6.53. The number of hydrogen-bond acceptors (Lipinski definition) is 3. The van der Waals surface area contributed by atoms with Crippen molar-refractivity contribution in [2.45, 2.75) is 52.2 Å². The predicted octanol–water partition coefficient (Wildman–Crippen LogP) is 1.65. The van der Waals surface area contributed by atoms with Gasteiger partial charge in [0.1, 0.15) is 5.60 Å². The molecular weight excluding hydrogens is 228 g/mol. The average Bonchev–Trinajstić information content (AvgIpc) is 2.79. The lowest BCUT2D eigenvalue weighted by Crippen LogP contribution is -2.51. The number of carbonyl (C=O) groups excluding carboxylic acids is 1. The Bertz CT molecular complexity index is 271. The molecule has 1 fully saturated rings. The van der Waals surface area contributed by atoms with E-state index in [1.807, 2.05) is 18.7 Å². The van der Waals surface area contributed by atoms with Crippen molar-refractivity contribution in [1.29, 1.82) is 0 Å². The minimum absolute atomic E-state index is 0.0902. The normalized spacial score (nSPS) is 20.4. The maximum Gasteiger partial charge on any atom is 0.254 e. The Labute approximate surface area is 111 Å². The van der Waals surface area contributed by atoms with Gasteiger partial charge in [0.05, 0.1) is 0 Å². The molecule has 0 spiro atoms. The fourth-order valence-corrected chi connectivity index (χ4v) is 2.33. The van der Waals surface area contributed by atoms with Crippen molar-refractivity contribution in [1.82, 2.24) is 10.2 Å². The summed E-state index contributed by atoms with van der Waals surface area (Å²) in [6.45, 7) is 10.6. The molecule has 0 aliphatic carbocycles. The number of carbonyl (C=O) groups is 1. The Hall–Kier alpha value is -0.610. The van der Waals surface area contributed by atoms with Crippen molar-refractivity contribution in [2.75, 3.05) is 26.7 Å². The largest absolute Gasteiger partial charge is 0.369 e. The Balaban J connectivity index is 2.67. The second-order valence-corrected chi connectivity index (χ2v) is 6.11. The van der Waals surface area contributed by atoms with Crippen LogP contribution in [0.1, 0.15) is 40.5 Å². The van der Waals surface area contributed by atoms with Crippen LogP contribution in [0.25, 0.3) is 0 Å². The van der Waals surface area contributed by atoms with Gasteiger partial charge in [0.2, 0.25) is 0 Å². The molecule has 1 heterocycles. The number of rotatable bonds is 6. The standard InChI is InChI=1S/C14H28N2O2/c1-11(2)9-16(10-12-7-6-8-15-12)13(17)14(3,4)18-5/h11-12,15H,6-10H2,1-5H3. The molecule has 4 heteroatoms. The lowest BCUT2D eigenvalue weighted by molar-refractivity contribution is -0.151. The molecule has 106 valence electrons. The van der Waals surface area contributed by atoms with E-state index in [2.05, 4.69) is 19.2 Å². The van der Waals surface area contributed by atoms with Crippen LogP contribution >= 0.6 is 0 Å². The maximum absolute atomic E-state index is 12.5. The number of methoxy groups -OCH3 is 1. The molecule has 1 aliphatic rings. The zero-order chi connectivity index (χ0) is 13.8. The summed E-state index contributed by atoms with van der Waals surface area (Å²) in [6, 6.07) is 0.445. The molecule has 1 aliphatic heterocycles. The molecule has 18 heavy (non-hydrogen) atoms. The average molecular weight is 256 g/mol. The van der Waals surface area contributed by atoms with Gasteiger partial charge in [-0.05, 0) is 39.2 Å². The third kappa shape index (κ3) is 4.25. The summed E-state index contributed by atoms with van der Waals surface area (Å²) >= 11 is 0. The molecule has 1 atom stereocenters. The van der Waals surface area contributed by atoms with Crippen molar-refractivity contribution < 1.29 is 9.53 Å². The van der Waals surface area contributed by atoms with E-state index < -0.39 is 5.60 Å². The highest BCUT2D eigenvalue weighted by atomic mass is 16.5. The zero-order valence-electron chi connectivity index (χ0n) is 12.5. The van der Waals surface area contributed by atoms with E-state index in [9.17, 15) is 4.79 Å². The molecule has 0 saturated carbocycles. The molecule has 1 amide bonds. The second-order valence-electron chi connectivity index (χ2n) is 6.11. The van der Waals surface area contributed by atoms with E-state index in [4.69, 9.17) is 4.74 Å². The van der Waals surface area contributed by atoms with Gasteiger partial charge in [0.25, 0.3) is 5.91 Å². The van der Waals surface area contributed by atoms with Crippen LogP contribution in [0.2, 0.25) is 0 Å². The van der Waals surface area contributed by atoms with Gasteiger partial charge in [-0.1, -0.05) is 13.8 Å². The van der Waals surface area contributed by atoms with Gasteiger partial charge in [0.15, 0.2) is 0 Å². The van der Waals surface area contributed by atoms with Gasteiger partial charge in [-0.15, -0.1) is 0 Å². The monoisotopic (exact) mass is 256 g/mol. The molecule has 1 saturated heterocycles. The van der Waals surface area contributed by atoms with E-state index in [1.165, 1.54) is 6.42 Å². The van der Waals surface area contributed by atoms with E-state index in [1.54, 1.807) is 7.11 Å². The number of ether oxygens (including phenoxy) is 1. The first-order valence-corrected chi connectivity index (χ1v) is 6.94. The van der Waals surface area contributed by atoms with Crippen molar-refractivity contribution in [3.8, 4) is 0 Å². The van der Waals surface area contributed by atoms with Gasteiger partial charge < -0.3 is 15.0 Å². The summed E-state index contributed by atoms with van der Waals surface area (Å²) in [7, 11) is 1.60. The number of nitrogens with zero attached hydrogens (tertiary/aromatic N) is 1. The van der Waals surface area contributed by atoms with Crippen LogP contribution in [0.15, 0.2) is 0 Å². The third-order valence-electron chi connectivity index (χ3n) is 3.50. The van der Waals surface area contributed by atoms with Crippen LogP contribution in [-0.4, -0.2) is 49.2 Å². The number of nitrogens with one attached hydrogen (secondary N) is 1. The first-order valence-electron chi connectivity index (χ1n) is 6.94. The lowest BCUT2D eigenvalue weighted by Gasteiger charge is -2.33. The Morgan fingerprint density at radius 2 is 2.17 bits per heavy atom. The van der Waals surface area contributed by atoms with Crippen molar-refractivity contribution in [2.24, 2.45) is 5.92 Å². The van der Waals surface area contributed by atoms with Gasteiger partial charge in [0, 0.05) is 26.2 Å². The molecule has 0 bridgehead atoms. The first kappa shape index (κ1) is 15.4. The highest BCUT2D eigenvalue weighted by molar-refractivity contribution is 5.84. The van der Waals surface area contributed by atoms with Gasteiger partial charge in [-0.3, -0.25) is 4.79 Å². The number of hydrogen-bond donors (Lipinski definition) is 1. The number of amides is 1. The van der Waals surface area contributed by atoms with Crippen molar-refractivity contribution in [3.05, 3.63) is 0 Å². The fraction of sp³-hybridized carbons (Fsp3) is 0.929. The maximum atomic E-state index is 12.5. The van der Waals surface area contributed by atoms with Crippen LogP contribution < -0.4 is 5.32 Å². The Morgan fingerprint density at radius 1 is 1.50 bits per heavy atom. The first-order chi connectivity index (χ1) is 8.36. The van der Waals surface area contributed by atoms with E-state index >= 15 is 0 Å². The van der Waals surface area contributed by atoms with E-state index in [-0.39, 0.29) is 5.91 Å². The Morgan fingerprint density at radius 3 is 2.61 bits per heavy atom. The molecule has 0 aromatic heterocycles. The quantitative estimate of drug-likeness (QED) is 0.785. The molecule has 0 radical (unpaired) electrons. The molecule has 1 rings (SSSR count). The van der Waals surface area contributed by atoms with Crippen molar-refractivity contribution >= 4 is 5.91 Å². The molecular formula is C14H28N2O2. The van der Waals surface area contributed by atoms with Crippen LogP contribution in [0.4, 0.5) is 0 Å². The summed E-state index contributed by atoms with van der Waals surface area (Å²) in [5.74, 6) is 0.565. The molecule has 4 nitrogen and oxygen atoms in total. The highest BCUT2D eigenvalue weighted by Crippen LogP contribution is 2.16. The summed E-state index contributed by atoms with van der Waals surface area (Å²) < 4.78 is 5.31. The predicted molar refractivity (Wildman–Crippen MR) is 73.5 cm³/mol. The van der Waals surface area contributed by atoms with Gasteiger partial charge in [-0.25, -0.2) is 0 Å². The fourth-order valence-electron chi connectivity index (χ4n) is 2.33. The SMILES string of the molecule is COC(C)(C)C(=O)N(CC(C)C)CC1CCCN1. The Kier molecular flexibility index (Phi) is 5.60. The molecule has 0 aromatic rings. The van der Waals surface area contributed by atoms with Crippen LogP contribution in [0.5, 0.6) is 0 Å². The van der Waals surface area contributed by atoms with Crippen LogP contribution in [0.3, 0.4) is 0 Å². The summed E-state index contributed by atoms with van der Waals surface area (Å²) in [5, 5.41) is 3.45. The minimum atomic E-state index is -0.729. The van der Waals surface area contributed by atoms with Crippen LogP contribution in [-0.2, 0) is 9.53 Å². The van der Waals surface area contributed by atoms with Crippen molar-refractivity contribution in [3.63, 3.8) is 0 Å². The highest BCUT2D eigenvalue weighted by Gasteiger charge is 2.33. The van der Waals surface area contributed by atoms with Gasteiger partial charge in [-0.2, -0.15) is 0 Å². The minimum Gasteiger partial charge on any atom is -0.369 e.